The summed E-state index contributed by atoms with van der Waals surface area (Å²) in [6, 6.07) is 35.8. The van der Waals surface area contributed by atoms with Gasteiger partial charge in [-0.05, 0) is 6.42 Å². The molecule has 0 spiro atoms. The van der Waals surface area contributed by atoms with Crippen LogP contribution >= 0.6 is 18.6 Å². The molecule has 0 aromatic heterocycles. The van der Waals surface area contributed by atoms with Gasteiger partial charge in [0.15, 0.2) is 0 Å². The molecule has 2 nitrogen and oxygen atoms in total. The van der Waals surface area contributed by atoms with Crippen LogP contribution in [-0.4, -0.2) is 15.4 Å². The Morgan fingerprint density at radius 3 is 1.77 bits per heavy atom. The van der Waals surface area contributed by atoms with Crippen molar-refractivity contribution in [3.63, 3.8) is 0 Å². The Labute approximate surface area is 204 Å². The smallest absolute Gasteiger partial charge is 0.121 e. The fourth-order valence-electron chi connectivity index (χ4n) is 2.51. The van der Waals surface area contributed by atoms with Gasteiger partial charge in [0.2, 0.25) is 0 Å². The number of hydrogen-bond acceptors (Lipinski definition) is 1. The molecule has 1 amide bonds. The number of halogens is 2. The third-order valence-corrected chi connectivity index (χ3v) is 5.10. The zero-order chi connectivity index (χ0) is 22.7. The number of fused-ring (bicyclic) bond motifs is 1. The van der Waals surface area contributed by atoms with Crippen molar-refractivity contribution in [2.24, 2.45) is 0 Å². The Kier molecular flexibility index (Phi) is 15.7. The van der Waals surface area contributed by atoms with E-state index in [4.69, 9.17) is 24.3 Å². The number of rotatable bonds is 4. The molecular weight excluding hydrogens is 477 g/mol. The normalized spacial score (nSPS) is 9.13. The molecule has 0 aliphatic rings. The Hall–Kier alpha value is -1.75. The quantitative estimate of drug-likeness (QED) is 0.228. The van der Waals surface area contributed by atoms with Crippen molar-refractivity contribution < 1.29 is 21.8 Å². The monoisotopic (exact) mass is 501 g/mol. The minimum absolute atomic E-state index is 0.403. The van der Waals surface area contributed by atoms with E-state index in [1.807, 2.05) is 6.92 Å². The first-order chi connectivity index (χ1) is 15.1. The third kappa shape index (κ3) is 13.3. The van der Waals surface area contributed by atoms with Crippen LogP contribution in [-0.2, 0) is 21.8 Å². The summed E-state index contributed by atoms with van der Waals surface area (Å²) in [5, 5.41) is 5.46. The van der Waals surface area contributed by atoms with Gasteiger partial charge in [-0.1, -0.05) is 90.4 Å². The summed E-state index contributed by atoms with van der Waals surface area (Å²) in [4.78, 5) is 9.71. The molecule has 4 aromatic rings. The molecule has 1 N–H and O–H groups in total. The molecule has 0 aliphatic heterocycles. The molecular formula is C25H25Cl2NOSiTi-2. The van der Waals surface area contributed by atoms with Crippen LogP contribution in [0.5, 0.6) is 0 Å². The number of carbonyl (C=O) groups is 1. The molecule has 0 aliphatic carbocycles. The summed E-state index contributed by atoms with van der Waals surface area (Å²) >= 11 is -0.556. The first-order valence-corrected chi connectivity index (χ1v) is 15.1. The second-order valence-electron chi connectivity index (χ2n) is 6.26. The minimum Gasteiger partial charge on any atom is -0.168 e. The van der Waals surface area contributed by atoms with Gasteiger partial charge in [-0.15, -0.1) is 29.7 Å². The molecule has 4 aromatic carbocycles. The molecule has 0 atom stereocenters. The van der Waals surface area contributed by atoms with Crippen molar-refractivity contribution >= 4 is 55.2 Å². The molecule has 0 unspecified atom stereocenters. The molecule has 0 fully saturated rings. The van der Waals surface area contributed by atoms with Crippen molar-refractivity contribution in [1.29, 1.82) is 0 Å². The number of nitrogens with one attached hydrogen (secondary N) is 1. The van der Waals surface area contributed by atoms with Crippen LogP contribution in [0.2, 0.25) is 0 Å². The van der Waals surface area contributed by atoms with E-state index >= 15 is 0 Å². The summed E-state index contributed by atoms with van der Waals surface area (Å²) < 4.78 is 0. The van der Waals surface area contributed by atoms with E-state index in [2.05, 4.69) is 103 Å². The molecule has 0 heterocycles. The van der Waals surface area contributed by atoms with Gasteiger partial charge in [-0.3, -0.25) is 0 Å². The zero-order valence-electron chi connectivity index (χ0n) is 17.4. The summed E-state index contributed by atoms with van der Waals surface area (Å²) in [7, 11) is 10.6. The van der Waals surface area contributed by atoms with Crippen molar-refractivity contribution in [2.45, 2.75) is 19.8 Å². The Morgan fingerprint density at radius 2 is 1.35 bits per heavy atom. The average Bonchev–Trinajstić information content (AvgIpc) is 3.26. The van der Waals surface area contributed by atoms with Crippen molar-refractivity contribution in [3.05, 3.63) is 109 Å². The summed E-state index contributed by atoms with van der Waals surface area (Å²) in [6.07, 6.45) is 1.20. The van der Waals surface area contributed by atoms with Crippen LogP contribution in [0.4, 0.5) is 0 Å². The van der Waals surface area contributed by atoms with Gasteiger partial charge in [0, 0.05) is 5.91 Å². The van der Waals surface area contributed by atoms with Gasteiger partial charge in [-0.25, -0.2) is 0 Å². The van der Waals surface area contributed by atoms with Gasteiger partial charge in [0.25, 0.3) is 0 Å². The summed E-state index contributed by atoms with van der Waals surface area (Å²) in [5.74, 6) is -0.461. The van der Waals surface area contributed by atoms with Crippen LogP contribution < -0.4 is 10.4 Å². The van der Waals surface area contributed by atoms with E-state index in [0.717, 1.165) is 15.9 Å². The van der Waals surface area contributed by atoms with Gasteiger partial charge >= 0.3 is 35.6 Å². The average molecular weight is 502 g/mol. The van der Waals surface area contributed by atoms with Gasteiger partial charge in [-0.2, -0.15) is 17.5 Å². The zero-order valence-corrected chi connectivity index (χ0v) is 21.5. The molecule has 160 valence electrons. The fraction of sp³-hybridized carbons (Fsp3) is 0.120. The second-order valence-corrected chi connectivity index (χ2v) is 10.2. The van der Waals surface area contributed by atoms with Gasteiger partial charge < -0.3 is 10.5 Å². The number of benzene rings is 3. The van der Waals surface area contributed by atoms with Crippen LogP contribution in [0.15, 0.2) is 103 Å². The van der Waals surface area contributed by atoms with E-state index in [0.29, 0.717) is 6.42 Å². The van der Waals surface area contributed by atoms with Crippen LogP contribution in [0.1, 0.15) is 19.8 Å². The second kappa shape index (κ2) is 17.9. The molecule has 4 rings (SSSR count). The van der Waals surface area contributed by atoms with Gasteiger partial charge in [0.05, 0.1) is 0 Å². The van der Waals surface area contributed by atoms with Gasteiger partial charge in [0.1, 0.15) is 9.52 Å². The third-order valence-electron chi connectivity index (χ3n) is 3.86. The van der Waals surface area contributed by atoms with E-state index in [1.165, 1.54) is 21.1 Å². The Balaban J connectivity index is 0.000000233. The van der Waals surface area contributed by atoms with Crippen LogP contribution in [0.3, 0.4) is 0 Å². The Bertz CT molecular complexity index is 897. The topological polar surface area (TPSA) is 40.9 Å². The largest absolute Gasteiger partial charge is 0.168 e. The predicted molar refractivity (Wildman–Crippen MR) is 133 cm³/mol. The van der Waals surface area contributed by atoms with Crippen molar-refractivity contribution in [1.82, 2.24) is 0 Å². The van der Waals surface area contributed by atoms with E-state index in [9.17, 15) is 4.79 Å². The van der Waals surface area contributed by atoms with Crippen LogP contribution in [0, 0.1) is 0 Å². The molecule has 0 bridgehead atoms. The van der Waals surface area contributed by atoms with E-state index in [1.54, 1.807) is 0 Å². The maximum absolute atomic E-state index is 9.71. The number of amides is 1. The SMILES string of the molecule is CCCC([NH-])=O.[Cl][Ti][Cl].c1ccc([Si]c2ccccc2)cc1.c1ccc2[cH-]ccc2c1. The first kappa shape index (κ1) is 27.3. The maximum Gasteiger partial charge on any atom is 0.121 e. The van der Waals surface area contributed by atoms with E-state index in [-0.39, 0.29) is 0 Å². The van der Waals surface area contributed by atoms with Crippen molar-refractivity contribution in [2.75, 3.05) is 0 Å². The van der Waals surface area contributed by atoms with E-state index < -0.39 is 22.9 Å². The van der Waals surface area contributed by atoms with Crippen LogP contribution in [0.25, 0.3) is 16.5 Å². The fourth-order valence-corrected chi connectivity index (χ4v) is 3.56. The number of carbonyl (C=O) groups excluding carboxylic acids is 1. The molecule has 0 saturated heterocycles. The molecule has 2 radical (unpaired) electrons. The molecule has 31 heavy (non-hydrogen) atoms. The van der Waals surface area contributed by atoms with Crippen molar-refractivity contribution in [3.8, 4) is 0 Å². The maximum atomic E-state index is 9.71. The standard InChI is InChI=1S/C12H10Si.C9H7.C4H9NO.2ClH.Ti/c1-3-7-11(8-4-1)13-12-9-5-2-6-10-12;1-2-5-9-7-3-6-8(9)4-1;1-2-3-4(5)6;;;/h1-10H;1-7H;2-3H2,1H3,(H2,5,6);2*1H;/q;-1;;;;+2/p-3. The molecule has 6 heteroatoms. The minimum atomic E-state index is -0.556. The summed E-state index contributed by atoms with van der Waals surface area (Å²) in [5.41, 5.74) is 6.34. The number of hydrogen-bond donors (Lipinski definition) is 0. The predicted octanol–water partition coefficient (Wildman–Crippen LogP) is 6.64. The Morgan fingerprint density at radius 1 is 0.871 bits per heavy atom. The summed E-state index contributed by atoms with van der Waals surface area (Å²) in [6.45, 7) is 1.88. The first-order valence-electron chi connectivity index (χ1n) is 9.79. The molecule has 0 saturated carbocycles.